The number of halogens is 1. The predicted octanol–water partition coefficient (Wildman–Crippen LogP) is 3.45. The van der Waals surface area contributed by atoms with Crippen molar-refractivity contribution in [2.24, 2.45) is 5.92 Å². The second-order valence-electron chi connectivity index (χ2n) is 4.16. The normalized spacial score (nSPS) is 12.8. The minimum atomic E-state index is -0.218. The maximum atomic E-state index is 11.8. The number of carbonyl (C=O) groups is 1. The summed E-state index contributed by atoms with van der Waals surface area (Å²) in [5, 5.41) is -0.0637. The summed E-state index contributed by atoms with van der Waals surface area (Å²) in [6.45, 7) is 3.83. The zero-order valence-corrected chi connectivity index (χ0v) is 11.3. The Bertz CT molecular complexity index is 186. The molecule has 16 heavy (non-hydrogen) atoms. The summed E-state index contributed by atoms with van der Waals surface area (Å²) in [6.07, 6.45) is 3.70. The van der Waals surface area contributed by atoms with Crippen LogP contribution in [0, 0.1) is 5.92 Å². The highest BCUT2D eigenvalue weighted by molar-refractivity contribution is 8.00. The lowest BCUT2D eigenvalue weighted by Crippen LogP contribution is -2.24. The third-order valence-electron chi connectivity index (χ3n) is 2.36. The number of ether oxygens (including phenoxy) is 1. The first kappa shape index (κ1) is 15.8. The van der Waals surface area contributed by atoms with Crippen LogP contribution in [0.15, 0.2) is 0 Å². The zero-order valence-electron chi connectivity index (χ0n) is 10.5. The molecular formula is C12H23FO2S. The van der Waals surface area contributed by atoms with Crippen molar-refractivity contribution in [3.8, 4) is 0 Å². The van der Waals surface area contributed by atoms with Gasteiger partial charge in [0.05, 0.1) is 13.8 Å². The Morgan fingerprint density at radius 3 is 2.38 bits per heavy atom. The highest BCUT2D eigenvalue weighted by Crippen LogP contribution is 2.22. The van der Waals surface area contributed by atoms with Gasteiger partial charge in [-0.2, -0.15) is 0 Å². The maximum absolute atomic E-state index is 11.8. The Hall–Kier alpha value is -0.250. The molecule has 0 heterocycles. The Morgan fingerprint density at radius 2 is 1.88 bits per heavy atom. The summed E-state index contributed by atoms with van der Waals surface area (Å²) in [4.78, 5) is 11.4. The maximum Gasteiger partial charge on any atom is 0.319 e. The summed E-state index contributed by atoms with van der Waals surface area (Å²) in [5.74, 6) is 1.11. The van der Waals surface area contributed by atoms with Crippen LogP contribution in [-0.4, -0.2) is 30.8 Å². The van der Waals surface area contributed by atoms with Crippen molar-refractivity contribution in [3.63, 3.8) is 0 Å². The molecule has 0 saturated heterocycles. The van der Waals surface area contributed by atoms with Crippen LogP contribution in [0.5, 0.6) is 0 Å². The van der Waals surface area contributed by atoms with Crippen LogP contribution >= 0.6 is 11.8 Å². The second-order valence-corrected chi connectivity index (χ2v) is 5.41. The lowest BCUT2D eigenvalue weighted by molar-refractivity contribution is -0.140. The van der Waals surface area contributed by atoms with Crippen LogP contribution in [-0.2, 0) is 9.53 Å². The van der Waals surface area contributed by atoms with Gasteiger partial charge in [0, 0.05) is 0 Å². The van der Waals surface area contributed by atoms with Crippen molar-refractivity contribution in [3.05, 3.63) is 0 Å². The van der Waals surface area contributed by atoms with E-state index in [1.165, 1.54) is 7.11 Å². The molecule has 0 amide bonds. The molecule has 2 nitrogen and oxygen atoms in total. The summed E-state index contributed by atoms with van der Waals surface area (Å²) < 4.78 is 16.6. The van der Waals surface area contributed by atoms with E-state index in [1.807, 2.05) is 13.8 Å². The number of unbranched alkanes of at least 4 members (excludes halogenated alkanes) is 3. The van der Waals surface area contributed by atoms with E-state index < -0.39 is 0 Å². The fraction of sp³-hybridized carbons (Fsp3) is 0.917. The van der Waals surface area contributed by atoms with E-state index in [0.29, 0.717) is 12.3 Å². The first-order valence-corrected chi connectivity index (χ1v) is 6.93. The first-order chi connectivity index (χ1) is 7.63. The van der Waals surface area contributed by atoms with Crippen LogP contribution in [0.3, 0.4) is 0 Å². The molecule has 4 heteroatoms. The van der Waals surface area contributed by atoms with Crippen molar-refractivity contribution in [1.29, 1.82) is 0 Å². The van der Waals surface area contributed by atoms with Gasteiger partial charge >= 0.3 is 5.97 Å². The molecule has 0 aromatic rings. The molecule has 0 aromatic heterocycles. The topological polar surface area (TPSA) is 26.3 Å². The molecule has 96 valence electrons. The van der Waals surface area contributed by atoms with E-state index in [0.717, 1.165) is 25.0 Å². The molecule has 0 aliphatic heterocycles. The van der Waals surface area contributed by atoms with Crippen molar-refractivity contribution in [2.45, 2.75) is 44.8 Å². The number of esters is 1. The fourth-order valence-electron chi connectivity index (χ4n) is 1.41. The van der Waals surface area contributed by atoms with E-state index in [4.69, 9.17) is 4.74 Å². The number of methoxy groups -OCH3 is 1. The lowest BCUT2D eigenvalue weighted by Gasteiger charge is -2.17. The van der Waals surface area contributed by atoms with Crippen LogP contribution in [0.25, 0.3) is 0 Å². The smallest absolute Gasteiger partial charge is 0.319 e. The van der Waals surface area contributed by atoms with Crippen LogP contribution < -0.4 is 0 Å². The molecule has 0 aliphatic rings. The summed E-state index contributed by atoms with van der Waals surface area (Å²) >= 11 is 1.65. The van der Waals surface area contributed by atoms with Crippen molar-refractivity contribution >= 4 is 17.7 Å². The Labute approximate surface area is 102 Å². The predicted molar refractivity (Wildman–Crippen MR) is 67.5 cm³/mol. The summed E-state index contributed by atoms with van der Waals surface area (Å²) in [7, 11) is 1.43. The first-order valence-electron chi connectivity index (χ1n) is 5.88. The largest absolute Gasteiger partial charge is 0.468 e. The van der Waals surface area contributed by atoms with Crippen molar-refractivity contribution < 1.29 is 13.9 Å². The average Bonchev–Trinajstić information content (AvgIpc) is 2.26. The van der Waals surface area contributed by atoms with Gasteiger partial charge in [-0.1, -0.05) is 26.7 Å². The Kier molecular flexibility index (Phi) is 9.78. The van der Waals surface area contributed by atoms with Gasteiger partial charge in [0.2, 0.25) is 0 Å². The molecule has 0 aromatic carbocycles. The second kappa shape index (κ2) is 9.94. The molecule has 0 saturated carbocycles. The molecular weight excluding hydrogens is 227 g/mol. The number of carbonyl (C=O) groups excluding carboxylic acids is 1. The van der Waals surface area contributed by atoms with Crippen LogP contribution in [0.1, 0.15) is 39.5 Å². The molecule has 1 unspecified atom stereocenters. The number of thioether (sulfide) groups is 1. The van der Waals surface area contributed by atoms with Crippen LogP contribution in [0.2, 0.25) is 0 Å². The van der Waals surface area contributed by atoms with Gasteiger partial charge in [0.15, 0.2) is 0 Å². The zero-order chi connectivity index (χ0) is 12.4. The minimum Gasteiger partial charge on any atom is -0.468 e. The van der Waals surface area contributed by atoms with Gasteiger partial charge in [-0.15, -0.1) is 11.8 Å². The van der Waals surface area contributed by atoms with Crippen molar-refractivity contribution in [1.82, 2.24) is 0 Å². The molecule has 0 fully saturated rings. The van der Waals surface area contributed by atoms with E-state index in [-0.39, 0.29) is 17.9 Å². The van der Waals surface area contributed by atoms with E-state index in [1.54, 1.807) is 11.8 Å². The van der Waals surface area contributed by atoms with Crippen LogP contribution in [0.4, 0.5) is 4.39 Å². The van der Waals surface area contributed by atoms with Gasteiger partial charge < -0.3 is 4.74 Å². The molecule has 0 radical (unpaired) electrons. The molecule has 0 aliphatic carbocycles. The Morgan fingerprint density at radius 1 is 1.25 bits per heavy atom. The highest BCUT2D eigenvalue weighted by atomic mass is 32.2. The van der Waals surface area contributed by atoms with Gasteiger partial charge in [-0.3, -0.25) is 9.18 Å². The highest BCUT2D eigenvalue weighted by Gasteiger charge is 2.22. The van der Waals surface area contributed by atoms with E-state index in [2.05, 4.69) is 0 Å². The number of rotatable bonds is 9. The number of hydrogen-bond acceptors (Lipinski definition) is 3. The molecule has 0 rings (SSSR count). The minimum absolute atomic E-state index is 0.0637. The number of alkyl halides is 1. The summed E-state index contributed by atoms with van der Waals surface area (Å²) in [5.41, 5.74) is 0. The SMILES string of the molecule is COC(=O)C(SCCCCCCF)C(C)C. The van der Waals surface area contributed by atoms with E-state index >= 15 is 0 Å². The fourth-order valence-corrected chi connectivity index (χ4v) is 2.65. The molecule has 1 atom stereocenters. The lowest BCUT2D eigenvalue weighted by atomic mass is 10.1. The summed E-state index contributed by atoms with van der Waals surface area (Å²) in [6, 6.07) is 0. The number of hydrogen-bond donors (Lipinski definition) is 0. The quantitative estimate of drug-likeness (QED) is 0.463. The monoisotopic (exact) mass is 250 g/mol. The molecule has 0 N–H and O–H groups in total. The third-order valence-corrected chi connectivity index (χ3v) is 3.98. The van der Waals surface area contributed by atoms with Gasteiger partial charge in [0.25, 0.3) is 0 Å². The van der Waals surface area contributed by atoms with Gasteiger partial charge in [0.1, 0.15) is 5.25 Å². The van der Waals surface area contributed by atoms with Crippen molar-refractivity contribution in [2.75, 3.05) is 19.5 Å². The third kappa shape index (κ3) is 7.09. The van der Waals surface area contributed by atoms with Gasteiger partial charge in [-0.25, -0.2) is 0 Å². The molecule has 0 spiro atoms. The van der Waals surface area contributed by atoms with Gasteiger partial charge in [-0.05, 0) is 24.5 Å². The standard InChI is InChI=1S/C12H23FO2S/c1-10(2)11(12(14)15-3)16-9-7-5-4-6-8-13/h10-11H,4-9H2,1-3H3. The van der Waals surface area contributed by atoms with E-state index in [9.17, 15) is 9.18 Å². The Balaban J connectivity index is 3.65. The average molecular weight is 250 g/mol. The molecule has 0 bridgehead atoms.